The second-order valence-corrected chi connectivity index (χ2v) is 6.67. The molecule has 1 aliphatic rings. The summed E-state index contributed by atoms with van der Waals surface area (Å²) in [4.78, 5) is 1.33. The Kier molecular flexibility index (Phi) is 4.26. The molecule has 1 heterocycles. The van der Waals surface area contributed by atoms with E-state index in [-0.39, 0.29) is 5.82 Å². The van der Waals surface area contributed by atoms with Gasteiger partial charge >= 0.3 is 0 Å². The number of rotatable bonds is 4. The Balaban J connectivity index is 1.81. The molecule has 0 amide bonds. The summed E-state index contributed by atoms with van der Waals surface area (Å²) >= 11 is 1.88. The largest absolute Gasteiger partial charge is 0.207 e. The van der Waals surface area contributed by atoms with E-state index < -0.39 is 0 Å². The molecule has 0 aromatic heterocycles. The number of thioether (sulfide) groups is 1. The maximum atomic E-state index is 14.2. The van der Waals surface area contributed by atoms with Gasteiger partial charge in [0.15, 0.2) is 0 Å². The van der Waals surface area contributed by atoms with Gasteiger partial charge in [-0.1, -0.05) is 36.3 Å². The zero-order valence-electron chi connectivity index (χ0n) is 12.4. The van der Waals surface area contributed by atoms with Gasteiger partial charge in [-0.3, -0.25) is 0 Å². The highest BCUT2D eigenvalue weighted by Gasteiger charge is 2.13. The van der Waals surface area contributed by atoms with Gasteiger partial charge in [-0.2, -0.15) is 0 Å². The van der Waals surface area contributed by atoms with Crippen molar-refractivity contribution in [3.05, 3.63) is 77.6 Å². The van der Waals surface area contributed by atoms with Crippen LogP contribution in [-0.4, -0.2) is 13.6 Å². The van der Waals surface area contributed by atoms with Crippen molar-refractivity contribution in [1.82, 2.24) is 0 Å². The summed E-state index contributed by atoms with van der Waals surface area (Å²) in [5.74, 6) is 0.880. The van der Waals surface area contributed by atoms with Crippen molar-refractivity contribution in [1.29, 1.82) is 0 Å². The molecule has 22 heavy (non-hydrogen) atoms. The lowest BCUT2D eigenvalue weighted by Gasteiger charge is -2.10. The zero-order chi connectivity index (χ0) is 15.7. The van der Waals surface area contributed by atoms with Gasteiger partial charge in [-0.05, 0) is 46.4 Å². The average Bonchev–Trinajstić information content (AvgIpc) is 2.96. The average molecular weight is 306 g/mol. The van der Waals surface area contributed by atoms with Gasteiger partial charge in [0.25, 0.3) is 0 Å². The third-order valence-corrected chi connectivity index (χ3v) is 5.03. The monoisotopic (exact) mass is 306 g/mol. The molecule has 0 unspecified atom stereocenters. The van der Waals surface area contributed by atoms with Crippen LogP contribution in [0.4, 0.5) is 4.39 Å². The highest BCUT2D eigenvalue weighted by Crippen LogP contribution is 2.34. The number of fused-ring (bicyclic) bond motifs is 1. The number of hydrogen-bond donors (Lipinski definition) is 0. The second-order valence-electron chi connectivity index (χ2n) is 5.53. The van der Waals surface area contributed by atoms with Crippen molar-refractivity contribution >= 4 is 30.7 Å². The maximum Gasteiger partial charge on any atom is 0.127 e. The molecule has 0 atom stereocenters. The summed E-state index contributed by atoms with van der Waals surface area (Å²) in [6, 6.07) is 11.4. The molecular weight excluding hydrogens is 290 g/mol. The van der Waals surface area contributed by atoms with Crippen LogP contribution in [0, 0.1) is 5.82 Å². The molecule has 0 N–H and O–H groups in total. The molecule has 0 fully saturated rings. The van der Waals surface area contributed by atoms with Crippen molar-refractivity contribution in [2.45, 2.75) is 17.7 Å². The van der Waals surface area contributed by atoms with Crippen molar-refractivity contribution in [3.8, 4) is 0 Å². The zero-order valence-corrected chi connectivity index (χ0v) is 13.2. The van der Waals surface area contributed by atoms with E-state index in [1.165, 1.54) is 16.5 Å². The normalized spacial score (nSPS) is 13.0. The van der Waals surface area contributed by atoms with Crippen molar-refractivity contribution in [2.75, 3.05) is 5.75 Å². The summed E-state index contributed by atoms with van der Waals surface area (Å²) in [6.07, 6.45) is 1.62. The predicted octanol–water partition coefficient (Wildman–Crippen LogP) is 4.87. The third kappa shape index (κ3) is 3.05. The molecule has 108 valence electrons. The SMILES string of the molecule is [B]C(=C)c1ccc(CC(=C)c2ccc3c(c2)SCC3)c(F)c1. The number of aryl methyl sites for hydroxylation is 1. The molecule has 0 saturated heterocycles. The number of allylic oxidation sites excluding steroid dienone is 1. The molecule has 0 nitrogen and oxygen atoms in total. The van der Waals surface area contributed by atoms with E-state index in [1.54, 1.807) is 12.1 Å². The quantitative estimate of drug-likeness (QED) is 0.726. The predicted molar refractivity (Wildman–Crippen MR) is 94.8 cm³/mol. The van der Waals surface area contributed by atoms with Crippen LogP contribution in [0.3, 0.4) is 0 Å². The lowest BCUT2D eigenvalue weighted by atomic mass is 9.89. The van der Waals surface area contributed by atoms with Gasteiger partial charge < -0.3 is 0 Å². The standard InChI is InChI=1S/C19H16BFS/c1-12(15-4-3-14-7-8-22-19(14)11-15)9-17-6-5-16(13(2)20)10-18(17)21/h3-6,10-11H,1-2,7-9H2. The second kappa shape index (κ2) is 6.17. The van der Waals surface area contributed by atoms with Crippen molar-refractivity contribution in [2.24, 2.45) is 0 Å². The number of benzene rings is 2. The van der Waals surface area contributed by atoms with E-state index in [9.17, 15) is 4.39 Å². The summed E-state index contributed by atoms with van der Waals surface area (Å²) < 4.78 is 14.2. The molecular formula is C19H16BFS. The van der Waals surface area contributed by atoms with Gasteiger partial charge in [-0.15, -0.1) is 18.3 Å². The molecule has 2 radical (unpaired) electrons. The fraction of sp³-hybridized carbons (Fsp3) is 0.158. The van der Waals surface area contributed by atoms with Crippen LogP contribution in [0.1, 0.15) is 22.3 Å². The Morgan fingerprint density at radius 3 is 2.64 bits per heavy atom. The summed E-state index contributed by atoms with van der Waals surface area (Å²) in [5.41, 5.74) is 5.04. The smallest absolute Gasteiger partial charge is 0.127 e. The van der Waals surface area contributed by atoms with Gasteiger partial charge in [0.1, 0.15) is 13.7 Å². The van der Waals surface area contributed by atoms with Crippen LogP contribution in [0.2, 0.25) is 0 Å². The van der Waals surface area contributed by atoms with Gasteiger partial charge in [0, 0.05) is 17.1 Å². The van der Waals surface area contributed by atoms with Crippen molar-refractivity contribution in [3.63, 3.8) is 0 Å². The van der Waals surface area contributed by atoms with E-state index >= 15 is 0 Å². The summed E-state index contributed by atoms with van der Waals surface area (Å²) in [7, 11) is 5.60. The highest BCUT2D eigenvalue weighted by atomic mass is 32.2. The number of hydrogen-bond acceptors (Lipinski definition) is 1. The van der Waals surface area contributed by atoms with Crippen LogP contribution in [0.5, 0.6) is 0 Å². The molecule has 3 rings (SSSR count). The van der Waals surface area contributed by atoms with Crippen LogP contribution in [0.25, 0.3) is 11.0 Å². The lowest BCUT2D eigenvalue weighted by molar-refractivity contribution is 0.615. The molecule has 1 aliphatic heterocycles. The van der Waals surface area contributed by atoms with Crippen LogP contribution < -0.4 is 0 Å². The van der Waals surface area contributed by atoms with Gasteiger partial charge in [0.05, 0.1) is 0 Å². The minimum absolute atomic E-state index is 0.263. The molecule has 3 heteroatoms. The fourth-order valence-electron chi connectivity index (χ4n) is 2.61. The Morgan fingerprint density at radius 1 is 1.14 bits per heavy atom. The molecule has 0 saturated carbocycles. The first-order chi connectivity index (χ1) is 10.5. The van der Waals surface area contributed by atoms with E-state index in [1.807, 2.05) is 11.8 Å². The first kappa shape index (κ1) is 15.2. The van der Waals surface area contributed by atoms with E-state index in [4.69, 9.17) is 7.85 Å². The van der Waals surface area contributed by atoms with Crippen LogP contribution in [0.15, 0.2) is 54.5 Å². The number of halogens is 1. The van der Waals surface area contributed by atoms with Gasteiger partial charge in [-0.25, -0.2) is 4.39 Å². The van der Waals surface area contributed by atoms with Crippen LogP contribution >= 0.6 is 11.8 Å². The minimum Gasteiger partial charge on any atom is -0.207 e. The molecule has 0 bridgehead atoms. The fourth-order valence-corrected chi connectivity index (χ4v) is 3.72. The minimum atomic E-state index is -0.263. The van der Waals surface area contributed by atoms with E-state index in [0.29, 0.717) is 23.0 Å². The first-order valence-electron chi connectivity index (χ1n) is 7.21. The van der Waals surface area contributed by atoms with Gasteiger partial charge in [0.2, 0.25) is 0 Å². The lowest BCUT2D eigenvalue weighted by Crippen LogP contribution is -1.96. The van der Waals surface area contributed by atoms with Crippen molar-refractivity contribution < 1.29 is 4.39 Å². The molecule has 2 aromatic rings. The molecule has 2 aromatic carbocycles. The Morgan fingerprint density at radius 2 is 1.91 bits per heavy atom. The summed E-state index contributed by atoms with van der Waals surface area (Å²) in [5, 5.41) is 0. The van der Waals surface area contributed by atoms with Crippen LogP contribution in [-0.2, 0) is 12.8 Å². The third-order valence-electron chi connectivity index (χ3n) is 3.93. The topological polar surface area (TPSA) is 0 Å². The maximum absolute atomic E-state index is 14.2. The van der Waals surface area contributed by atoms with E-state index in [2.05, 4.69) is 31.4 Å². The Labute approximate surface area is 136 Å². The summed E-state index contributed by atoms with van der Waals surface area (Å²) in [6.45, 7) is 7.76. The Bertz CT molecular complexity index is 764. The van der Waals surface area contributed by atoms with E-state index in [0.717, 1.165) is 23.3 Å². The Hall–Kier alpha value is -1.74. The highest BCUT2D eigenvalue weighted by molar-refractivity contribution is 7.99. The molecule has 0 aliphatic carbocycles. The molecule has 0 spiro atoms. The first-order valence-corrected chi connectivity index (χ1v) is 8.20.